The van der Waals surface area contributed by atoms with Gasteiger partial charge >= 0.3 is 5.97 Å². The summed E-state index contributed by atoms with van der Waals surface area (Å²) in [5.74, 6) is -3.43. The lowest BCUT2D eigenvalue weighted by Gasteiger charge is -2.38. The molecule has 2 heterocycles. The molecule has 0 unspecified atom stereocenters. The molecule has 0 saturated carbocycles. The number of amides is 2. The first-order chi connectivity index (χ1) is 19.6. The Kier molecular flexibility index (Phi) is 4.86. The van der Waals surface area contributed by atoms with Gasteiger partial charge < -0.3 is 4.74 Å². The van der Waals surface area contributed by atoms with Crippen molar-refractivity contribution in [3.8, 4) is 5.75 Å². The highest BCUT2D eigenvalue weighted by Gasteiger charge is 2.60. The number of anilines is 1. The van der Waals surface area contributed by atoms with Crippen molar-refractivity contribution in [2.45, 2.75) is 5.92 Å². The number of rotatable bonds is 2. The van der Waals surface area contributed by atoms with Crippen LogP contribution in [-0.4, -0.2) is 17.8 Å². The lowest BCUT2D eigenvalue weighted by molar-refractivity contribution is -0.142. The van der Waals surface area contributed by atoms with Crippen LogP contribution in [0.15, 0.2) is 115 Å². The maximum atomic E-state index is 14.3. The highest BCUT2D eigenvalue weighted by Crippen LogP contribution is 2.55. The number of imide groups is 1. The predicted molar refractivity (Wildman–Crippen MR) is 154 cm³/mol. The average Bonchev–Trinajstić information content (AvgIpc) is 3.26. The molecule has 1 aliphatic carbocycles. The van der Waals surface area contributed by atoms with Crippen LogP contribution in [0.25, 0.3) is 27.1 Å². The molecular weight excluding hydrogens is 498 g/mol. The van der Waals surface area contributed by atoms with Gasteiger partial charge in [-0.05, 0) is 39.4 Å². The number of hydrogen-bond donors (Lipinski definition) is 0. The Balaban J connectivity index is 1.32. The lowest BCUT2D eigenvalue weighted by Crippen LogP contribution is -2.42. The van der Waals surface area contributed by atoms with Crippen molar-refractivity contribution < 1.29 is 19.1 Å². The first-order valence-corrected chi connectivity index (χ1v) is 13.5. The van der Waals surface area contributed by atoms with Gasteiger partial charge in [-0.3, -0.25) is 14.4 Å². The van der Waals surface area contributed by atoms with Gasteiger partial charge in [0, 0.05) is 16.9 Å². The van der Waals surface area contributed by atoms with E-state index in [4.69, 9.17) is 4.74 Å². The van der Waals surface area contributed by atoms with Gasteiger partial charge in [-0.2, -0.15) is 0 Å². The van der Waals surface area contributed by atoms with Crippen LogP contribution in [0.3, 0.4) is 0 Å². The van der Waals surface area contributed by atoms with Crippen LogP contribution in [0.4, 0.5) is 5.69 Å². The van der Waals surface area contributed by atoms with Gasteiger partial charge in [0.15, 0.2) is 0 Å². The number of fused-ring (bicyclic) bond motifs is 8. The Morgan fingerprint density at radius 1 is 0.625 bits per heavy atom. The Bertz CT molecular complexity index is 1920. The smallest absolute Gasteiger partial charge is 0.319 e. The summed E-state index contributed by atoms with van der Waals surface area (Å²) in [5, 5.41) is 3.77. The molecule has 5 nitrogen and oxygen atoms in total. The van der Waals surface area contributed by atoms with Crippen LogP contribution < -0.4 is 9.64 Å². The van der Waals surface area contributed by atoms with Crippen LogP contribution in [0.5, 0.6) is 5.75 Å². The third kappa shape index (κ3) is 3.18. The SMILES string of the molecule is O=C1Oc2c(ccc3ccccc23)C2=C[C@H](c3ccccc3)[C@@H]3C(=O)N(c4ccc5ccccc5c4)C(=O)[C@H]3[C@H]12. The molecule has 4 atom stereocenters. The second-order valence-corrected chi connectivity index (χ2v) is 10.7. The van der Waals surface area contributed by atoms with Crippen LogP contribution in [0.1, 0.15) is 17.0 Å². The molecule has 5 heteroatoms. The van der Waals surface area contributed by atoms with Crippen molar-refractivity contribution in [1.29, 1.82) is 0 Å². The largest absolute Gasteiger partial charge is 0.425 e. The summed E-state index contributed by atoms with van der Waals surface area (Å²) >= 11 is 0. The maximum Gasteiger partial charge on any atom is 0.319 e. The summed E-state index contributed by atoms with van der Waals surface area (Å²) in [6, 6.07) is 35.0. The quantitative estimate of drug-likeness (QED) is 0.151. The zero-order valence-corrected chi connectivity index (χ0v) is 21.4. The van der Waals surface area contributed by atoms with Crippen molar-refractivity contribution in [3.05, 3.63) is 126 Å². The first kappa shape index (κ1) is 22.9. The normalized spacial score (nSPS) is 23.4. The summed E-state index contributed by atoms with van der Waals surface area (Å²) in [7, 11) is 0. The van der Waals surface area contributed by atoms with Crippen molar-refractivity contribution in [3.63, 3.8) is 0 Å². The zero-order chi connectivity index (χ0) is 27.0. The molecule has 0 N–H and O–H groups in total. The molecule has 0 spiro atoms. The average molecular weight is 522 g/mol. The van der Waals surface area contributed by atoms with Gasteiger partial charge in [-0.15, -0.1) is 0 Å². The second kappa shape index (κ2) is 8.48. The predicted octanol–water partition coefficient (Wildman–Crippen LogP) is 6.51. The molecule has 192 valence electrons. The number of carbonyl (C=O) groups is 3. The first-order valence-electron chi connectivity index (χ1n) is 13.5. The number of ether oxygens (including phenoxy) is 1. The van der Waals surface area contributed by atoms with Gasteiger partial charge in [-0.25, -0.2) is 4.90 Å². The number of esters is 1. The Morgan fingerprint density at radius 3 is 2.12 bits per heavy atom. The number of allylic oxidation sites excluding steroid dienone is 1. The summed E-state index contributed by atoms with van der Waals surface area (Å²) in [4.78, 5) is 43.5. The van der Waals surface area contributed by atoms with Crippen LogP contribution in [0, 0.1) is 17.8 Å². The van der Waals surface area contributed by atoms with Crippen molar-refractivity contribution in [2.24, 2.45) is 17.8 Å². The van der Waals surface area contributed by atoms with E-state index in [2.05, 4.69) is 0 Å². The fourth-order valence-corrected chi connectivity index (χ4v) is 6.86. The monoisotopic (exact) mass is 521 g/mol. The van der Waals surface area contributed by atoms with E-state index in [9.17, 15) is 14.4 Å². The van der Waals surface area contributed by atoms with Crippen LogP contribution >= 0.6 is 0 Å². The molecule has 8 rings (SSSR count). The van der Waals surface area contributed by atoms with E-state index in [1.54, 1.807) is 0 Å². The van der Waals surface area contributed by atoms with Crippen molar-refractivity contribution in [1.82, 2.24) is 0 Å². The van der Waals surface area contributed by atoms with E-state index in [0.717, 1.165) is 38.2 Å². The zero-order valence-electron chi connectivity index (χ0n) is 21.4. The Morgan fingerprint density at radius 2 is 1.30 bits per heavy atom. The molecule has 0 bridgehead atoms. The van der Waals surface area contributed by atoms with E-state index in [1.165, 1.54) is 4.90 Å². The van der Waals surface area contributed by atoms with Gasteiger partial charge in [0.05, 0.1) is 23.4 Å². The molecule has 1 saturated heterocycles. The maximum absolute atomic E-state index is 14.3. The number of hydrogen-bond acceptors (Lipinski definition) is 4. The molecule has 5 aromatic rings. The molecule has 0 radical (unpaired) electrons. The Labute approximate surface area is 230 Å². The third-order valence-corrected chi connectivity index (χ3v) is 8.66. The van der Waals surface area contributed by atoms with Crippen molar-refractivity contribution in [2.75, 3.05) is 4.90 Å². The van der Waals surface area contributed by atoms with Crippen LogP contribution in [-0.2, 0) is 14.4 Å². The second-order valence-electron chi connectivity index (χ2n) is 10.7. The van der Waals surface area contributed by atoms with Gasteiger partial charge in [0.1, 0.15) is 5.75 Å². The van der Waals surface area contributed by atoms with Gasteiger partial charge in [0.25, 0.3) is 0 Å². The Hall–Kier alpha value is -5.03. The lowest BCUT2D eigenvalue weighted by atomic mass is 9.64. The minimum atomic E-state index is -0.865. The molecular formula is C35H23NO4. The van der Waals surface area contributed by atoms with E-state index < -0.39 is 23.7 Å². The topological polar surface area (TPSA) is 63.7 Å². The van der Waals surface area contributed by atoms with Gasteiger partial charge in [0.2, 0.25) is 11.8 Å². The molecule has 3 aliphatic rings. The standard InChI is InChI=1S/C35H23NO4/c37-33-29-27(21-9-2-1-3-10-21)19-28-26-17-15-22-11-6-7-13-25(22)32(26)40-35(39)30(28)31(29)34(38)36(33)24-16-14-20-8-4-5-12-23(20)18-24/h1-19,27,29-31H/t27-,29+,30-,31-/m1/s1. The van der Waals surface area contributed by atoms with E-state index in [1.807, 2.05) is 115 Å². The van der Waals surface area contributed by atoms with E-state index in [-0.39, 0.29) is 17.7 Å². The summed E-state index contributed by atoms with van der Waals surface area (Å²) in [5.41, 5.74) is 3.01. The van der Waals surface area contributed by atoms with E-state index in [0.29, 0.717) is 11.4 Å². The highest BCUT2D eigenvalue weighted by molar-refractivity contribution is 6.25. The summed E-state index contributed by atoms with van der Waals surface area (Å²) < 4.78 is 5.98. The molecule has 0 aromatic heterocycles. The minimum Gasteiger partial charge on any atom is -0.425 e. The molecule has 5 aromatic carbocycles. The summed E-state index contributed by atoms with van der Waals surface area (Å²) in [6.45, 7) is 0. The number of carbonyl (C=O) groups excluding carboxylic acids is 3. The van der Waals surface area contributed by atoms with Crippen molar-refractivity contribution >= 4 is 50.6 Å². The molecule has 40 heavy (non-hydrogen) atoms. The van der Waals surface area contributed by atoms with E-state index >= 15 is 0 Å². The van der Waals surface area contributed by atoms with Crippen LogP contribution in [0.2, 0.25) is 0 Å². The highest BCUT2D eigenvalue weighted by atomic mass is 16.5. The number of benzene rings is 5. The number of nitrogens with zero attached hydrogens (tertiary/aromatic N) is 1. The fourth-order valence-electron chi connectivity index (χ4n) is 6.86. The minimum absolute atomic E-state index is 0.286. The van der Waals surface area contributed by atoms with Gasteiger partial charge in [-0.1, -0.05) is 103 Å². The third-order valence-electron chi connectivity index (χ3n) is 8.66. The molecule has 2 aliphatic heterocycles. The fraction of sp³-hybridized carbons (Fsp3) is 0.114. The molecule has 1 fully saturated rings. The summed E-state index contributed by atoms with van der Waals surface area (Å²) in [6.07, 6.45) is 2.03. The molecule has 2 amide bonds.